The van der Waals surface area contributed by atoms with Gasteiger partial charge in [-0.3, -0.25) is 4.99 Å². The van der Waals surface area contributed by atoms with Crippen LogP contribution >= 0.6 is 0 Å². The lowest BCUT2D eigenvalue weighted by Crippen LogP contribution is -1.56. The van der Waals surface area contributed by atoms with Crippen molar-refractivity contribution in [1.82, 2.24) is 0 Å². The standard InChI is InChI=1S/C5H6N4/c1-2-7-4-3-5-8-9-6/h2-5H,1H2/b5-3-,7-4?. The summed E-state index contributed by atoms with van der Waals surface area (Å²) < 4.78 is 0. The molecule has 9 heavy (non-hydrogen) atoms. The molecule has 0 heterocycles. The topological polar surface area (TPSA) is 61.1 Å². The molecule has 0 N–H and O–H groups in total. The van der Waals surface area contributed by atoms with Crippen molar-refractivity contribution >= 4 is 6.21 Å². The van der Waals surface area contributed by atoms with Gasteiger partial charge in [0.05, 0.1) is 0 Å². The van der Waals surface area contributed by atoms with Gasteiger partial charge in [0.1, 0.15) is 0 Å². The predicted molar refractivity (Wildman–Crippen MR) is 37.0 cm³/mol. The first-order chi connectivity index (χ1) is 4.41. The molecule has 46 valence electrons. The van der Waals surface area contributed by atoms with Crippen LogP contribution in [0.25, 0.3) is 10.4 Å². The second-order valence-electron chi connectivity index (χ2n) is 1.03. The summed E-state index contributed by atoms with van der Waals surface area (Å²) in [6, 6.07) is 0. The van der Waals surface area contributed by atoms with E-state index in [0.29, 0.717) is 0 Å². The zero-order valence-electron chi connectivity index (χ0n) is 4.81. The molecule has 0 saturated heterocycles. The van der Waals surface area contributed by atoms with Crippen molar-refractivity contribution in [2.45, 2.75) is 0 Å². The molecular formula is C5H6N4. The van der Waals surface area contributed by atoms with Crippen molar-refractivity contribution in [2.75, 3.05) is 0 Å². The van der Waals surface area contributed by atoms with Crippen LogP contribution in [0, 0.1) is 0 Å². The first-order valence-electron chi connectivity index (χ1n) is 2.25. The van der Waals surface area contributed by atoms with Crippen LogP contribution in [-0.4, -0.2) is 6.21 Å². The van der Waals surface area contributed by atoms with E-state index >= 15 is 0 Å². The van der Waals surface area contributed by atoms with E-state index in [1.165, 1.54) is 24.7 Å². The lowest BCUT2D eigenvalue weighted by Gasteiger charge is -1.67. The van der Waals surface area contributed by atoms with Gasteiger partial charge in [-0.2, -0.15) is 0 Å². The third-order valence-corrected chi connectivity index (χ3v) is 0.482. The maximum atomic E-state index is 7.77. The molecule has 0 aliphatic carbocycles. The minimum atomic E-state index is 1.30. The summed E-state index contributed by atoms with van der Waals surface area (Å²) in [4.78, 5) is 6.10. The molecule has 0 aromatic rings. The molecule has 4 nitrogen and oxygen atoms in total. The van der Waals surface area contributed by atoms with Gasteiger partial charge in [0.2, 0.25) is 0 Å². The smallest absolute Gasteiger partial charge is 0.0266 e. The van der Waals surface area contributed by atoms with E-state index in [-0.39, 0.29) is 0 Å². The molecule has 0 rings (SSSR count). The Labute approximate surface area is 52.8 Å². The number of azide groups is 1. The van der Waals surface area contributed by atoms with Gasteiger partial charge in [-0.05, 0) is 11.6 Å². The fraction of sp³-hybridized carbons (Fsp3) is 0. The minimum Gasteiger partial charge on any atom is -0.265 e. The van der Waals surface area contributed by atoms with Crippen molar-refractivity contribution in [3.05, 3.63) is 35.5 Å². The third kappa shape index (κ3) is 6.46. The van der Waals surface area contributed by atoms with Crippen molar-refractivity contribution in [3.63, 3.8) is 0 Å². The quantitative estimate of drug-likeness (QED) is 0.238. The van der Waals surface area contributed by atoms with Gasteiger partial charge >= 0.3 is 0 Å². The highest BCUT2D eigenvalue weighted by atomic mass is 15.1. The summed E-state index contributed by atoms with van der Waals surface area (Å²) in [5.41, 5.74) is 7.77. The number of allylic oxidation sites excluding steroid dienone is 1. The van der Waals surface area contributed by atoms with Gasteiger partial charge < -0.3 is 0 Å². The van der Waals surface area contributed by atoms with Gasteiger partial charge in [-0.15, -0.1) is 0 Å². The van der Waals surface area contributed by atoms with Gasteiger partial charge in [-0.1, -0.05) is 11.7 Å². The Hall–Kier alpha value is -1.54. The maximum absolute atomic E-state index is 7.77. The number of nitrogens with zero attached hydrogens (tertiary/aromatic N) is 4. The van der Waals surface area contributed by atoms with Crippen LogP contribution in [0.1, 0.15) is 0 Å². The zero-order valence-corrected chi connectivity index (χ0v) is 4.81. The van der Waals surface area contributed by atoms with E-state index in [1.54, 1.807) is 0 Å². The maximum Gasteiger partial charge on any atom is 0.0266 e. The second kappa shape index (κ2) is 6.46. The molecule has 0 amide bonds. The molecule has 0 unspecified atom stereocenters. The first kappa shape index (κ1) is 7.46. The van der Waals surface area contributed by atoms with E-state index in [9.17, 15) is 0 Å². The Bertz CT molecular complexity index is 173. The van der Waals surface area contributed by atoms with E-state index < -0.39 is 0 Å². The Kier molecular flexibility index (Phi) is 5.35. The van der Waals surface area contributed by atoms with Crippen molar-refractivity contribution in [3.8, 4) is 0 Å². The largest absolute Gasteiger partial charge is 0.265 e. The molecule has 0 aromatic carbocycles. The Morgan fingerprint density at radius 3 is 2.89 bits per heavy atom. The highest BCUT2D eigenvalue weighted by Gasteiger charge is 1.57. The van der Waals surface area contributed by atoms with Crippen LogP contribution in [0.2, 0.25) is 0 Å². The van der Waals surface area contributed by atoms with Gasteiger partial charge in [0, 0.05) is 23.5 Å². The first-order valence-corrected chi connectivity index (χ1v) is 2.25. The lowest BCUT2D eigenvalue weighted by atomic mass is 10.7. The zero-order chi connectivity index (χ0) is 6.95. The Morgan fingerprint density at radius 2 is 2.33 bits per heavy atom. The molecule has 0 bridgehead atoms. The summed E-state index contributed by atoms with van der Waals surface area (Å²) >= 11 is 0. The molecular weight excluding hydrogens is 116 g/mol. The number of hydrogen-bond acceptors (Lipinski definition) is 2. The minimum absolute atomic E-state index is 1.30. The van der Waals surface area contributed by atoms with E-state index in [0.717, 1.165) is 0 Å². The van der Waals surface area contributed by atoms with Crippen LogP contribution in [0.15, 0.2) is 35.2 Å². The van der Waals surface area contributed by atoms with Gasteiger partial charge in [0.15, 0.2) is 0 Å². The van der Waals surface area contributed by atoms with E-state index in [4.69, 9.17) is 5.53 Å². The molecule has 0 radical (unpaired) electrons. The number of aliphatic imine (C=N–C) groups is 1. The lowest BCUT2D eigenvalue weighted by molar-refractivity contribution is 1.51. The van der Waals surface area contributed by atoms with Crippen LogP contribution in [0.3, 0.4) is 0 Å². The van der Waals surface area contributed by atoms with Gasteiger partial charge in [-0.25, -0.2) is 0 Å². The average Bonchev–Trinajstić information content (AvgIpc) is 1.89. The SMILES string of the molecule is C=CN=C/C=C\N=[N+]=[N-]. The monoisotopic (exact) mass is 122 g/mol. The molecule has 0 aromatic heterocycles. The van der Waals surface area contributed by atoms with Crippen molar-refractivity contribution < 1.29 is 0 Å². The average molecular weight is 122 g/mol. The van der Waals surface area contributed by atoms with E-state index in [1.807, 2.05) is 0 Å². The third-order valence-electron chi connectivity index (χ3n) is 0.482. The molecule has 4 heteroatoms. The van der Waals surface area contributed by atoms with Crippen LogP contribution < -0.4 is 0 Å². The summed E-state index contributed by atoms with van der Waals surface area (Å²) in [5, 5.41) is 3.12. The molecule has 0 aliphatic heterocycles. The normalized spacial score (nSPS) is 9.78. The molecule has 0 saturated carbocycles. The molecule has 0 aliphatic rings. The number of hydrogen-bond donors (Lipinski definition) is 0. The Morgan fingerprint density at radius 1 is 1.56 bits per heavy atom. The van der Waals surface area contributed by atoms with Gasteiger partial charge in [0.25, 0.3) is 0 Å². The summed E-state index contributed by atoms with van der Waals surface area (Å²) in [7, 11) is 0. The Balaban J connectivity index is 3.58. The molecule has 0 fully saturated rings. The second-order valence-corrected chi connectivity index (χ2v) is 1.03. The van der Waals surface area contributed by atoms with Crippen LogP contribution in [0.4, 0.5) is 0 Å². The summed E-state index contributed by atoms with van der Waals surface area (Å²) in [5.74, 6) is 0. The van der Waals surface area contributed by atoms with E-state index in [2.05, 4.69) is 21.6 Å². The van der Waals surface area contributed by atoms with Crippen molar-refractivity contribution in [1.29, 1.82) is 0 Å². The van der Waals surface area contributed by atoms with Crippen LogP contribution in [-0.2, 0) is 0 Å². The highest BCUT2D eigenvalue weighted by molar-refractivity contribution is 5.71. The fourth-order valence-electron chi connectivity index (χ4n) is 0.217. The molecule has 0 spiro atoms. The van der Waals surface area contributed by atoms with Crippen LogP contribution in [0.5, 0.6) is 0 Å². The highest BCUT2D eigenvalue weighted by Crippen LogP contribution is 1.72. The molecule has 0 atom stereocenters. The fourth-order valence-corrected chi connectivity index (χ4v) is 0.217. The predicted octanol–water partition coefficient (Wildman–Crippen LogP) is 2.02. The van der Waals surface area contributed by atoms with Crippen molar-refractivity contribution in [2.24, 2.45) is 10.1 Å². The summed E-state index contributed by atoms with van der Waals surface area (Å²) in [6.07, 6.45) is 5.68. The number of rotatable bonds is 3. The summed E-state index contributed by atoms with van der Waals surface area (Å²) in [6.45, 7) is 3.34.